The molecule has 1 aromatic heterocycles. The van der Waals surface area contributed by atoms with Crippen LogP contribution < -0.4 is 9.47 Å². The average Bonchev–Trinajstić information content (AvgIpc) is 2.78. The van der Waals surface area contributed by atoms with Gasteiger partial charge < -0.3 is 19.3 Å². The molecule has 0 bridgehead atoms. The summed E-state index contributed by atoms with van der Waals surface area (Å²) in [6.45, 7) is 4.02. The highest BCUT2D eigenvalue weighted by molar-refractivity contribution is 7.99. The van der Waals surface area contributed by atoms with Crippen molar-refractivity contribution in [3.05, 3.63) is 47.7 Å². The van der Waals surface area contributed by atoms with Gasteiger partial charge >= 0.3 is 0 Å². The second kappa shape index (κ2) is 9.65. The molecule has 0 saturated carbocycles. The number of rotatable bonds is 6. The van der Waals surface area contributed by atoms with Crippen molar-refractivity contribution < 1.29 is 19.1 Å². The molecule has 0 radical (unpaired) electrons. The van der Waals surface area contributed by atoms with Crippen molar-refractivity contribution in [3.8, 4) is 11.5 Å². The van der Waals surface area contributed by atoms with Crippen LogP contribution in [-0.2, 0) is 0 Å². The minimum absolute atomic E-state index is 0.0245. The van der Waals surface area contributed by atoms with Crippen LogP contribution in [0.1, 0.15) is 27.6 Å². The van der Waals surface area contributed by atoms with E-state index < -0.39 is 0 Å². The molecule has 0 spiro atoms. The number of nitrogens with zero attached hydrogens (tertiary/aromatic N) is 3. The SMILES string of the molecule is CCSc1cc(C(=O)N2CCN(C(=O)c3ccc(OC)c(OC)c3)CC2)ccn1. The van der Waals surface area contributed by atoms with E-state index in [-0.39, 0.29) is 11.8 Å². The van der Waals surface area contributed by atoms with Gasteiger partial charge in [0.25, 0.3) is 11.8 Å². The van der Waals surface area contributed by atoms with E-state index in [1.165, 1.54) is 0 Å². The summed E-state index contributed by atoms with van der Waals surface area (Å²) in [7, 11) is 3.10. The number of benzene rings is 1. The minimum atomic E-state index is -0.0800. The molecule has 0 atom stereocenters. The number of ether oxygens (including phenoxy) is 2. The van der Waals surface area contributed by atoms with E-state index in [1.54, 1.807) is 66.2 Å². The lowest BCUT2D eigenvalue weighted by Crippen LogP contribution is -2.50. The molecule has 0 unspecified atom stereocenters. The summed E-state index contributed by atoms with van der Waals surface area (Å²) in [5.74, 6) is 1.90. The maximum absolute atomic E-state index is 12.8. The van der Waals surface area contributed by atoms with Crippen LogP contribution in [-0.4, -0.2) is 72.7 Å². The highest BCUT2D eigenvalue weighted by Crippen LogP contribution is 2.28. The van der Waals surface area contributed by atoms with Crippen LogP contribution in [0, 0.1) is 0 Å². The van der Waals surface area contributed by atoms with E-state index in [2.05, 4.69) is 11.9 Å². The van der Waals surface area contributed by atoms with Crippen LogP contribution >= 0.6 is 11.8 Å². The van der Waals surface area contributed by atoms with Gasteiger partial charge in [-0.05, 0) is 36.1 Å². The van der Waals surface area contributed by atoms with Crippen molar-refractivity contribution in [2.75, 3.05) is 46.2 Å². The van der Waals surface area contributed by atoms with E-state index >= 15 is 0 Å². The maximum atomic E-state index is 12.8. The predicted molar refractivity (Wildman–Crippen MR) is 112 cm³/mol. The molecule has 2 heterocycles. The quantitative estimate of drug-likeness (QED) is 0.676. The van der Waals surface area contributed by atoms with Gasteiger partial charge in [0, 0.05) is 43.5 Å². The standard InChI is InChI=1S/C21H25N3O4S/c1-4-29-19-14-16(7-8-22-19)21(26)24-11-9-23(10-12-24)20(25)15-5-6-17(27-2)18(13-15)28-3/h5-8,13-14H,4,9-12H2,1-3H3. The van der Waals surface area contributed by atoms with Crippen LogP contribution in [0.25, 0.3) is 0 Å². The molecule has 1 fully saturated rings. The van der Waals surface area contributed by atoms with Crippen molar-refractivity contribution >= 4 is 23.6 Å². The molecule has 1 saturated heterocycles. The molecule has 7 nitrogen and oxygen atoms in total. The van der Waals surface area contributed by atoms with Gasteiger partial charge in [-0.3, -0.25) is 9.59 Å². The first-order valence-electron chi connectivity index (χ1n) is 9.46. The first-order valence-corrected chi connectivity index (χ1v) is 10.4. The van der Waals surface area contributed by atoms with Crippen LogP contribution in [0.4, 0.5) is 0 Å². The Morgan fingerprint density at radius 1 is 0.931 bits per heavy atom. The second-order valence-electron chi connectivity index (χ2n) is 6.47. The van der Waals surface area contributed by atoms with E-state index in [0.717, 1.165) is 10.8 Å². The molecule has 1 aliphatic heterocycles. The molecule has 8 heteroatoms. The van der Waals surface area contributed by atoms with Gasteiger partial charge in [-0.15, -0.1) is 11.8 Å². The largest absolute Gasteiger partial charge is 0.493 e. The molecular formula is C21H25N3O4S. The van der Waals surface area contributed by atoms with Crippen molar-refractivity contribution in [2.45, 2.75) is 11.9 Å². The Bertz CT molecular complexity index is 882. The monoisotopic (exact) mass is 415 g/mol. The summed E-state index contributed by atoms with van der Waals surface area (Å²) in [6.07, 6.45) is 1.67. The van der Waals surface area contributed by atoms with Crippen molar-refractivity contribution in [2.24, 2.45) is 0 Å². The predicted octanol–water partition coefficient (Wildman–Crippen LogP) is 2.81. The van der Waals surface area contributed by atoms with E-state index in [9.17, 15) is 9.59 Å². The van der Waals surface area contributed by atoms with Crippen molar-refractivity contribution in [1.29, 1.82) is 0 Å². The number of hydrogen-bond acceptors (Lipinski definition) is 6. The van der Waals surface area contributed by atoms with E-state index in [0.29, 0.717) is 48.8 Å². The Labute approximate surface area is 175 Å². The molecule has 154 valence electrons. The van der Waals surface area contributed by atoms with E-state index in [4.69, 9.17) is 9.47 Å². The number of thioether (sulfide) groups is 1. The normalized spacial score (nSPS) is 13.9. The van der Waals surface area contributed by atoms with Crippen LogP contribution in [0.5, 0.6) is 11.5 Å². The second-order valence-corrected chi connectivity index (χ2v) is 7.75. The zero-order chi connectivity index (χ0) is 20.8. The molecule has 1 aromatic carbocycles. The first-order chi connectivity index (χ1) is 14.1. The Morgan fingerprint density at radius 3 is 2.07 bits per heavy atom. The fraction of sp³-hybridized carbons (Fsp3) is 0.381. The van der Waals surface area contributed by atoms with Crippen molar-refractivity contribution in [3.63, 3.8) is 0 Å². The Balaban J connectivity index is 1.63. The summed E-state index contributed by atoms with van der Waals surface area (Å²) in [5, 5.41) is 0.848. The zero-order valence-electron chi connectivity index (χ0n) is 16.9. The van der Waals surface area contributed by atoms with Gasteiger partial charge in [-0.1, -0.05) is 6.92 Å². The number of amides is 2. The summed E-state index contributed by atoms with van der Waals surface area (Å²) in [4.78, 5) is 33.5. The number of methoxy groups -OCH3 is 2. The highest BCUT2D eigenvalue weighted by Gasteiger charge is 2.26. The number of carbonyl (C=O) groups is 2. The van der Waals surface area contributed by atoms with Gasteiger partial charge in [0.15, 0.2) is 11.5 Å². The Kier molecular flexibility index (Phi) is 6.98. The number of hydrogen-bond donors (Lipinski definition) is 0. The first kappa shape index (κ1) is 21.0. The molecule has 1 aliphatic rings. The van der Waals surface area contributed by atoms with Crippen LogP contribution in [0.2, 0.25) is 0 Å². The van der Waals surface area contributed by atoms with Gasteiger partial charge in [0.1, 0.15) is 0 Å². The average molecular weight is 416 g/mol. The number of piperazine rings is 1. The Hall–Kier alpha value is -2.74. The minimum Gasteiger partial charge on any atom is -0.493 e. The lowest BCUT2D eigenvalue weighted by atomic mass is 10.1. The topological polar surface area (TPSA) is 72.0 Å². The lowest BCUT2D eigenvalue weighted by Gasteiger charge is -2.35. The number of carbonyl (C=O) groups excluding carboxylic acids is 2. The summed E-state index contributed by atoms with van der Waals surface area (Å²) in [5.41, 5.74) is 1.17. The van der Waals surface area contributed by atoms with Crippen LogP contribution in [0.3, 0.4) is 0 Å². The van der Waals surface area contributed by atoms with Gasteiger partial charge in [-0.25, -0.2) is 4.98 Å². The molecule has 2 aromatic rings. The maximum Gasteiger partial charge on any atom is 0.254 e. The molecular weight excluding hydrogens is 390 g/mol. The van der Waals surface area contributed by atoms with Gasteiger partial charge in [-0.2, -0.15) is 0 Å². The molecule has 0 aliphatic carbocycles. The summed E-state index contributed by atoms with van der Waals surface area (Å²) < 4.78 is 10.5. The third-order valence-corrected chi connectivity index (χ3v) is 5.57. The zero-order valence-corrected chi connectivity index (χ0v) is 17.7. The molecule has 2 amide bonds. The third-order valence-electron chi connectivity index (χ3n) is 4.76. The molecule has 29 heavy (non-hydrogen) atoms. The Morgan fingerprint density at radius 2 is 1.52 bits per heavy atom. The lowest BCUT2D eigenvalue weighted by molar-refractivity contribution is 0.0535. The highest BCUT2D eigenvalue weighted by atomic mass is 32.2. The van der Waals surface area contributed by atoms with Gasteiger partial charge in [0.05, 0.1) is 19.2 Å². The van der Waals surface area contributed by atoms with Gasteiger partial charge in [0.2, 0.25) is 0 Å². The summed E-state index contributed by atoms with van der Waals surface area (Å²) >= 11 is 1.61. The molecule has 0 N–H and O–H groups in total. The fourth-order valence-corrected chi connectivity index (χ4v) is 3.86. The van der Waals surface area contributed by atoms with E-state index in [1.807, 2.05) is 6.07 Å². The summed E-state index contributed by atoms with van der Waals surface area (Å²) in [6, 6.07) is 8.70. The number of pyridine rings is 1. The third kappa shape index (κ3) is 4.82. The smallest absolute Gasteiger partial charge is 0.254 e. The fourth-order valence-electron chi connectivity index (χ4n) is 3.22. The van der Waals surface area contributed by atoms with Crippen molar-refractivity contribution in [1.82, 2.24) is 14.8 Å². The molecule has 3 rings (SSSR count). The number of aromatic nitrogens is 1. The van der Waals surface area contributed by atoms with Crippen LogP contribution in [0.15, 0.2) is 41.6 Å².